The molecule has 3 fully saturated rings. The van der Waals surface area contributed by atoms with Crippen molar-refractivity contribution in [2.75, 3.05) is 40.3 Å². The van der Waals surface area contributed by atoms with Gasteiger partial charge in [0.05, 0.1) is 0 Å². The van der Waals surface area contributed by atoms with E-state index in [4.69, 9.17) is 0 Å². The first-order chi connectivity index (χ1) is 17.4. The largest absolute Gasteiger partial charge is 0.343 e. The van der Waals surface area contributed by atoms with Gasteiger partial charge in [-0.2, -0.15) is 0 Å². The van der Waals surface area contributed by atoms with Crippen molar-refractivity contribution in [3.63, 3.8) is 0 Å². The van der Waals surface area contributed by atoms with Gasteiger partial charge in [-0.1, -0.05) is 62.4 Å². The summed E-state index contributed by atoms with van der Waals surface area (Å²) in [7, 11) is 3.89. The zero-order valence-electron chi connectivity index (χ0n) is 22.2. The standard InChI is InChI=1S/C29H44N4O3/c1-31(2)21-22-33-27(35)29(30-28(33)36,18-15-24-11-7-4-8-12-24)25-16-19-32(20-17-25)26(34)14-13-23-9-5-3-6-10-23/h4,7-8,11-12,23,25H,3,5-6,9-10,13-22H2,1-2H3,(H,30,36). The van der Waals surface area contributed by atoms with Gasteiger partial charge in [-0.15, -0.1) is 0 Å². The van der Waals surface area contributed by atoms with E-state index in [-0.39, 0.29) is 23.8 Å². The van der Waals surface area contributed by atoms with Crippen LogP contribution in [0.25, 0.3) is 0 Å². The highest BCUT2D eigenvalue weighted by molar-refractivity contribution is 6.07. The highest BCUT2D eigenvalue weighted by atomic mass is 16.2. The van der Waals surface area contributed by atoms with Crippen molar-refractivity contribution in [1.82, 2.24) is 20.0 Å². The molecule has 2 aliphatic heterocycles. The maximum atomic E-state index is 13.8. The summed E-state index contributed by atoms with van der Waals surface area (Å²) in [6, 6.07) is 9.89. The van der Waals surface area contributed by atoms with E-state index in [0.717, 1.165) is 25.7 Å². The van der Waals surface area contributed by atoms with E-state index in [9.17, 15) is 14.4 Å². The summed E-state index contributed by atoms with van der Waals surface area (Å²) in [5.74, 6) is 0.907. The van der Waals surface area contributed by atoms with Crippen LogP contribution in [-0.2, 0) is 16.0 Å². The van der Waals surface area contributed by atoms with Crippen molar-refractivity contribution >= 4 is 17.8 Å². The van der Waals surface area contributed by atoms with Crippen molar-refractivity contribution < 1.29 is 14.4 Å². The molecule has 1 aliphatic carbocycles. The number of benzene rings is 1. The Morgan fingerprint density at radius 2 is 1.72 bits per heavy atom. The number of likely N-dealkylation sites (N-methyl/N-ethyl adjacent to an activating group) is 1. The number of nitrogens with one attached hydrogen (secondary N) is 1. The van der Waals surface area contributed by atoms with Gasteiger partial charge in [0.15, 0.2) is 0 Å². The van der Waals surface area contributed by atoms with Crippen LogP contribution < -0.4 is 5.32 Å². The number of amides is 4. The highest BCUT2D eigenvalue weighted by Crippen LogP contribution is 2.37. The van der Waals surface area contributed by atoms with Gasteiger partial charge < -0.3 is 15.1 Å². The summed E-state index contributed by atoms with van der Waals surface area (Å²) in [6.45, 7) is 2.37. The first-order valence-corrected chi connectivity index (χ1v) is 14.0. The minimum atomic E-state index is -0.892. The topological polar surface area (TPSA) is 73.0 Å². The molecule has 2 saturated heterocycles. The highest BCUT2D eigenvalue weighted by Gasteiger charge is 2.55. The first-order valence-electron chi connectivity index (χ1n) is 14.0. The van der Waals surface area contributed by atoms with E-state index in [1.165, 1.54) is 42.6 Å². The number of piperidine rings is 1. The van der Waals surface area contributed by atoms with Crippen LogP contribution in [0.15, 0.2) is 30.3 Å². The minimum absolute atomic E-state index is 0.0319. The maximum Gasteiger partial charge on any atom is 0.325 e. The van der Waals surface area contributed by atoms with Crippen molar-refractivity contribution in [1.29, 1.82) is 0 Å². The van der Waals surface area contributed by atoms with Gasteiger partial charge in [0.2, 0.25) is 5.91 Å². The number of imide groups is 1. The molecular formula is C29H44N4O3. The molecule has 1 N–H and O–H groups in total. The molecule has 7 heteroatoms. The Hall–Kier alpha value is -2.41. The molecule has 36 heavy (non-hydrogen) atoms. The zero-order valence-corrected chi connectivity index (χ0v) is 22.2. The maximum absolute atomic E-state index is 13.8. The number of hydrogen-bond donors (Lipinski definition) is 1. The fourth-order valence-electron chi connectivity index (χ4n) is 6.37. The number of carbonyl (C=O) groups is 3. The van der Waals surface area contributed by atoms with E-state index in [0.29, 0.717) is 44.9 Å². The number of nitrogens with zero attached hydrogens (tertiary/aromatic N) is 3. The molecule has 4 rings (SSSR count). The molecule has 7 nitrogen and oxygen atoms in total. The number of hydrogen-bond acceptors (Lipinski definition) is 4. The van der Waals surface area contributed by atoms with E-state index >= 15 is 0 Å². The third kappa shape index (κ3) is 6.28. The van der Waals surface area contributed by atoms with Crippen LogP contribution in [-0.4, -0.2) is 78.4 Å². The molecule has 1 aromatic carbocycles. The third-order valence-electron chi connectivity index (χ3n) is 8.66. The number of aryl methyl sites for hydroxylation is 1. The Labute approximate surface area is 216 Å². The van der Waals surface area contributed by atoms with Crippen molar-refractivity contribution in [2.24, 2.45) is 11.8 Å². The summed E-state index contributed by atoms with van der Waals surface area (Å²) in [5.41, 5.74) is 0.275. The fourth-order valence-corrected chi connectivity index (χ4v) is 6.37. The molecule has 1 aromatic rings. The SMILES string of the molecule is CN(C)CCN1C(=O)NC(CCc2ccccc2)(C2CCN(C(=O)CCC3CCCCC3)CC2)C1=O. The van der Waals surface area contributed by atoms with Crippen LogP contribution in [0.4, 0.5) is 4.79 Å². The quantitative estimate of drug-likeness (QED) is 0.496. The van der Waals surface area contributed by atoms with Gasteiger partial charge in [0.1, 0.15) is 5.54 Å². The normalized spacial score (nSPS) is 24.0. The lowest BCUT2D eigenvalue weighted by Crippen LogP contribution is -2.57. The van der Waals surface area contributed by atoms with Gasteiger partial charge in [-0.3, -0.25) is 14.5 Å². The van der Waals surface area contributed by atoms with Crippen LogP contribution in [0.5, 0.6) is 0 Å². The lowest BCUT2D eigenvalue weighted by atomic mass is 9.74. The molecule has 198 valence electrons. The summed E-state index contributed by atoms with van der Waals surface area (Å²) in [5, 5.41) is 3.16. The summed E-state index contributed by atoms with van der Waals surface area (Å²) < 4.78 is 0. The van der Waals surface area contributed by atoms with Crippen LogP contribution in [0.2, 0.25) is 0 Å². The average Bonchev–Trinajstić information content (AvgIpc) is 3.15. The average molecular weight is 497 g/mol. The second-order valence-corrected chi connectivity index (χ2v) is 11.3. The van der Waals surface area contributed by atoms with Gasteiger partial charge >= 0.3 is 6.03 Å². The zero-order chi connectivity index (χ0) is 25.5. The van der Waals surface area contributed by atoms with Crippen molar-refractivity contribution in [3.05, 3.63) is 35.9 Å². The number of carbonyl (C=O) groups excluding carboxylic acids is 3. The molecule has 1 unspecified atom stereocenters. The smallest absolute Gasteiger partial charge is 0.325 e. The van der Waals surface area contributed by atoms with E-state index in [1.807, 2.05) is 42.1 Å². The second-order valence-electron chi connectivity index (χ2n) is 11.3. The first kappa shape index (κ1) is 26.6. The Morgan fingerprint density at radius 1 is 1.03 bits per heavy atom. The van der Waals surface area contributed by atoms with Crippen molar-refractivity contribution in [2.45, 2.75) is 76.2 Å². The Bertz CT molecular complexity index is 891. The molecule has 0 spiro atoms. The van der Waals surface area contributed by atoms with Gasteiger partial charge in [0, 0.05) is 32.6 Å². The molecule has 3 aliphatic rings. The molecule has 0 radical (unpaired) electrons. The predicted octanol–water partition coefficient (Wildman–Crippen LogP) is 4.07. The molecule has 2 heterocycles. The summed E-state index contributed by atoms with van der Waals surface area (Å²) >= 11 is 0. The minimum Gasteiger partial charge on any atom is -0.343 e. The van der Waals surface area contributed by atoms with Gasteiger partial charge in [-0.25, -0.2) is 4.79 Å². The summed E-state index contributed by atoms with van der Waals surface area (Å²) in [4.78, 5) is 45.1. The van der Waals surface area contributed by atoms with Gasteiger partial charge in [0.25, 0.3) is 5.91 Å². The Kier molecular flexibility index (Phi) is 9.04. The molecule has 4 amide bonds. The third-order valence-corrected chi connectivity index (χ3v) is 8.66. The Morgan fingerprint density at radius 3 is 2.39 bits per heavy atom. The lowest BCUT2D eigenvalue weighted by Gasteiger charge is -2.41. The van der Waals surface area contributed by atoms with E-state index in [1.54, 1.807) is 0 Å². The molecule has 1 saturated carbocycles. The van der Waals surface area contributed by atoms with Crippen LogP contribution in [0.1, 0.15) is 69.8 Å². The fraction of sp³-hybridized carbons (Fsp3) is 0.690. The monoisotopic (exact) mass is 496 g/mol. The van der Waals surface area contributed by atoms with Crippen molar-refractivity contribution in [3.8, 4) is 0 Å². The van der Waals surface area contributed by atoms with Crippen LogP contribution in [0.3, 0.4) is 0 Å². The predicted molar refractivity (Wildman–Crippen MR) is 141 cm³/mol. The number of urea groups is 1. The van der Waals surface area contributed by atoms with Crippen LogP contribution in [0, 0.1) is 11.8 Å². The second kappa shape index (κ2) is 12.2. The van der Waals surface area contributed by atoms with Gasteiger partial charge in [-0.05, 0) is 63.6 Å². The molecule has 0 aromatic heterocycles. The van der Waals surface area contributed by atoms with Crippen LogP contribution >= 0.6 is 0 Å². The molecule has 1 atom stereocenters. The number of rotatable bonds is 10. The van der Waals surface area contributed by atoms with E-state index in [2.05, 4.69) is 17.4 Å². The van der Waals surface area contributed by atoms with E-state index < -0.39 is 5.54 Å². The molecular weight excluding hydrogens is 452 g/mol. The summed E-state index contributed by atoms with van der Waals surface area (Å²) in [6.07, 6.45) is 11.0. The number of likely N-dealkylation sites (tertiary alicyclic amines) is 1. The Balaban J connectivity index is 1.40. The molecule has 0 bridgehead atoms. The lowest BCUT2D eigenvalue weighted by molar-refractivity contribution is -0.136.